The largest absolute Gasteiger partial charge is 0.366 e. The number of nitrogens with one attached hydrogen (secondary N) is 1. The van der Waals surface area contributed by atoms with Crippen molar-refractivity contribution in [3.8, 4) is 0 Å². The van der Waals surface area contributed by atoms with Crippen LogP contribution in [0.5, 0.6) is 0 Å². The summed E-state index contributed by atoms with van der Waals surface area (Å²) in [5.74, 6) is 0.879. The summed E-state index contributed by atoms with van der Waals surface area (Å²) in [6.07, 6.45) is 5.19. The molecule has 1 atom stereocenters. The number of aromatic nitrogens is 2. The van der Waals surface area contributed by atoms with E-state index in [9.17, 15) is 4.79 Å². The molecular weight excluding hydrogens is 290 g/mol. The first-order valence-corrected chi connectivity index (χ1v) is 7.29. The molecule has 1 amide bonds. The van der Waals surface area contributed by atoms with E-state index in [-0.39, 0.29) is 24.4 Å². The van der Waals surface area contributed by atoms with Crippen LogP contribution in [0.4, 0.5) is 5.82 Å². The summed E-state index contributed by atoms with van der Waals surface area (Å²) in [5, 5.41) is 11.2. The molecule has 0 spiro atoms. The molecule has 1 aliphatic rings. The fourth-order valence-electron chi connectivity index (χ4n) is 2.50. The molecule has 6 nitrogen and oxygen atoms in total. The van der Waals surface area contributed by atoms with Gasteiger partial charge in [-0.05, 0) is 31.4 Å². The summed E-state index contributed by atoms with van der Waals surface area (Å²) >= 11 is 0. The number of carbonyl (C=O) groups excluding carboxylic acids is 1. The molecule has 1 fully saturated rings. The van der Waals surface area contributed by atoms with Gasteiger partial charge in [-0.1, -0.05) is 13.3 Å². The fourth-order valence-corrected chi connectivity index (χ4v) is 2.50. The Balaban J connectivity index is 0.00000220. The van der Waals surface area contributed by atoms with E-state index >= 15 is 0 Å². The summed E-state index contributed by atoms with van der Waals surface area (Å²) in [7, 11) is 0. The molecule has 2 heterocycles. The molecule has 1 saturated heterocycles. The van der Waals surface area contributed by atoms with Crippen LogP contribution in [0, 0.1) is 0 Å². The summed E-state index contributed by atoms with van der Waals surface area (Å²) in [4.78, 5) is 14.0. The molecule has 1 aromatic rings. The molecule has 1 unspecified atom stereocenters. The van der Waals surface area contributed by atoms with Crippen LogP contribution in [0.25, 0.3) is 0 Å². The van der Waals surface area contributed by atoms with E-state index in [1.807, 2.05) is 24.0 Å². The van der Waals surface area contributed by atoms with Gasteiger partial charge in [0, 0.05) is 25.3 Å². The average molecular weight is 314 g/mol. The highest BCUT2D eigenvalue weighted by atomic mass is 35.5. The highest BCUT2D eigenvalue weighted by molar-refractivity contribution is 5.85. The van der Waals surface area contributed by atoms with Crippen molar-refractivity contribution >= 4 is 24.1 Å². The van der Waals surface area contributed by atoms with Crippen LogP contribution in [0.1, 0.15) is 32.6 Å². The second kappa shape index (κ2) is 8.79. The third-order valence-corrected chi connectivity index (χ3v) is 3.65. The predicted octanol–water partition coefficient (Wildman–Crippen LogP) is 1.43. The molecule has 3 N–H and O–H groups in total. The zero-order chi connectivity index (χ0) is 14.4. The third kappa shape index (κ3) is 5.13. The number of likely N-dealkylation sites (tertiary alicyclic amines) is 1. The number of halogens is 1. The average Bonchev–Trinajstić information content (AvgIpc) is 2.48. The van der Waals surface area contributed by atoms with E-state index in [0.717, 1.165) is 44.6 Å². The minimum atomic E-state index is -0.343. The topological polar surface area (TPSA) is 84.1 Å². The van der Waals surface area contributed by atoms with Crippen molar-refractivity contribution in [2.24, 2.45) is 5.73 Å². The maximum atomic E-state index is 12.1. The predicted molar refractivity (Wildman–Crippen MR) is 85.4 cm³/mol. The highest BCUT2D eigenvalue weighted by Gasteiger charge is 2.25. The quantitative estimate of drug-likeness (QED) is 0.859. The van der Waals surface area contributed by atoms with E-state index < -0.39 is 0 Å². The van der Waals surface area contributed by atoms with E-state index in [4.69, 9.17) is 5.73 Å². The van der Waals surface area contributed by atoms with Gasteiger partial charge in [0.05, 0.1) is 6.04 Å². The van der Waals surface area contributed by atoms with E-state index in [1.165, 1.54) is 0 Å². The van der Waals surface area contributed by atoms with Crippen LogP contribution >= 0.6 is 12.4 Å². The van der Waals surface area contributed by atoms with Crippen molar-refractivity contribution in [3.05, 3.63) is 18.3 Å². The Labute approximate surface area is 131 Å². The third-order valence-electron chi connectivity index (χ3n) is 3.65. The molecule has 0 saturated carbocycles. The lowest BCUT2D eigenvalue weighted by Crippen LogP contribution is -2.49. The lowest BCUT2D eigenvalue weighted by Gasteiger charge is -2.34. The Morgan fingerprint density at radius 2 is 2.24 bits per heavy atom. The Morgan fingerprint density at radius 1 is 1.52 bits per heavy atom. The van der Waals surface area contributed by atoms with E-state index in [0.29, 0.717) is 6.04 Å². The zero-order valence-electron chi connectivity index (χ0n) is 12.4. The van der Waals surface area contributed by atoms with Crippen LogP contribution in [0.3, 0.4) is 0 Å². The Bertz CT molecular complexity index is 423. The van der Waals surface area contributed by atoms with Gasteiger partial charge >= 0.3 is 0 Å². The number of nitrogens with two attached hydrogens (primary N) is 1. The summed E-state index contributed by atoms with van der Waals surface area (Å²) in [6, 6.07) is 3.77. The normalized spacial score (nSPS) is 17.0. The molecule has 118 valence electrons. The second-order valence-electron chi connectivity index (χ2n) is 5.25. The SMILES string of the molecule is CCCC(N)C(=O)N1CCC(Nc2cccnn2)CC1.Cl. The number of nitrogens with zero attached hydrogens (tertiary/aromatic N) is 3. The molecule has 1 aromatic heterocycles. The van der Waals surface area contributed by atoms with Crippen LogP contribution in [-0.2, 0) is 4.79 Å². The van der Waals surface area contributed by atoms with Gasteiger partial charge in [-0.15, -0.1) is 17.5 Å². The van der Waals surface area contributed by atoms with Gasteiger partial charge in [0.25, 0.3) is 0 Å². The minimum Gasteiger partial charge on any atom is -0.366 e. The Morgan fingerprint density at radius 3 is 2.81 bits per heavy atom. The van der Waals surface area contributed by atoms with Crippen LogP contribution < -0.4 is 11.1 Å². The number of hydrogen-bond donors (Lipinski definition) is 2. The van der Waals surface area contributed by atoms with Gasteiger partial charge in [-0.2, -0.15) is 5.10 Å². The number of amides is 1. The Hall–Kier alpha value is -1.40. The molecule has 0 radical (unpaired) electrons. The molecule has 0 bridgehead atoms. The molecule has 7 heteroatoms. The van der Waals surface area contributed by atoms with Gasteiger partial charge in [-0.25, -0.2) is 0 Å². The zero-order valence-corrected chi connectivity index (χ0v) is 13.2. The van der Waals surface area contributed by atoms with E-state index in [2.05, 4.69) is 15.5 Å². The minimum absolute atomic E-state index is 0. The van der Waals surface area contributed by atoms with Gasteiger partial charge in [0.1, 0.15) is 5.82 Å². The molecule has 0 aromatic carbocycles. The van der Waals surface area contributed by atoms with E-state index in [1.54, 1.807) is 6.20 Å². The maximum absolute atomic E-state index is 12.1. The maximum Gasteiger partial charge on any atom is 0.239 e. The fraction of sp³-hybridized carbons (Fsp3) is 0.643. The van der Waals surface area contributed by atoms with Crippen molar-refractivity contribution in [2.75, 3.05) is 18.4 Å². The first kappa shape index (κ1) is 17.7. The number of carbonyl (C=O) groups is 1. The lowest BCUT2D eigenvalue weighted by molar-refractivity contribution is -0.133. The van der Waals surface area contributed by atoms with Crippen molar-refractivity contribution in [2.45, 2.75) is 44.7 Å². The smallest absolute Gasteiger partial charge is 0.239 e. The first-order chi connectivity index (χ1) is 9.70. The molecule has 0 aliphatic carbocycles. The number of anilines is 1. The highest BCUT2D eigenvalue weighted by Crippen LogP contribution is 2.15. The Kier molecular flexibility index (Phi) is 7.39. The molecule has 2 rings (SSSR count). The second-order valence-corrected chi connectivity index (χ2v) is 5.25. The number of hydrogen-bond acceptors (Lipinski definition) is 5. The molecular formula is C14H24ClN5O. The van der Waals surface area contributed by atoms with Gasteiger partial charge in [-0.3, -0.25) is 4.79 Å². The monoisotopic (exact) mass is 313 g/mol. The van der Waals surface area contributed by atoms with Crippen LogP contribution in [0.2, 0.25) is 0 Å². The van der Waals surface area contributed by atoms with Gasteiger partial charge in [0.15, 0.2) is 0 Å². The summed E-state index contributed by atoms with van der Waals surface area (Å²) < 4.78 is 0. The number of rotatable bonds is 5. The standard InChI is InChI=1S/C14H23N5O.ClH/c1-2-4-12(15)14(20)19-9-6-11(7-10-19)17-13-5-3-8-16-18-13;/h3,5,8,11-12H,2,4,6-7,9-10,15H2,1H3,(H,17,18);1H. The van der Waals surface area contributed by atoms with Crippen molar-refractivity contribution in [1.82, 2.24) is 15.1 Å². The lowest BCUT2D eigenvalue weighted by atomic mass is 10.0. The molecule has 21 heavy (non-hydrogen) atoms. The van der Waals surface area contributed by atoms with Crippen LogP contribution in [-0.4, -0.2) is 46.2 Å². The van der Waals surface area contributed by atoms with Crippen molar-refractivity contribution in [1.29, 1.82) is 0 Å². The van der Waals surface area contributed by atoms with Crippen LogP contribution in [0.15, 0.2) is 18.3 Å². The summed E-state index contributed by atoms with van der Waals surface area (Å²) in [5.41, 5.74) is 5.89. The van der Waals surface area contributed by atoms with Gasteiger partial charge < -0.3 is 16.0 Å². The van der Waals surface area contributed by atoms with Gasteiger partial charge in [0.2, 0.25) is 5.91 Å². The first-order valence-electron chi connectivity index (χ1n) is 7.29. The van der Waals surface area contributed by atoms with Crippen molar-refractivity contribution in [3.63, 3.8) is 0 Å². The van der Waals surface area contributed by atoms with Crippen molar-refractivity contribution < 1.29 is 4.79 Å². The number of piperidine rings is 1. The molecule has 1 aliphatic heterocycles. The summed E-state index contributed by atoms with van der Waals surface area (Å²) in [6.45, 7) is 3.56.